The summed E-state index contributed by atoms with van der Waals surface area (Å²) in [6, 6.07) is 19.3. The number of hydrogen-bond donors (Lipinski definition) is 0. The third-order valence-electron chi connectivity index (χ3n) is 5.29. The lowest BCUT2D eigenvalue weighted by atomic mass is 9.72. The fourth-order valence-corrected chi connectivity index (χ4v) is 3.80. The minimum absolute atomic E-state index is 0.0899. The normalized spacial score (nSPS) is 23.0. The number of carbonyl (C=O) groups is 2. The summed E-state index contributed by atoms with van der Waals surface area (Å²) in [5.41, 5.74) is 2.73. The Balaban J connectivity index is 1.63. The van der Waals surface area contributed by atoms with Gasteiger partial charge >= 0.3 is 0 Å². The standard InChI is InChI=1S/C21H20N2O2/c24-19-11-12-21(18-15-22-18,17-9-5-2-6-10-17)13-14-23(19)20(25)16-7-3-1-4-8-16/h1-10H,11-15H2. The Hall–Kier alpha value is -2.75. The monoisotopic (exact) mass is 332 g/mol. The van der Waals surface area contributed by atoms with Gasteiger partial charge < -0.3 is 0 Å². The molecule has 1 saturated heterocycles. The zero-order valence-corrected chi connectivity index (χ0v) is 14.0. The number of nitrogens with zero attached hydrogens (tertiary/aromatic N) is 2. The van der Waals surface area contributed by atoms with Crippen LogP contribution in [0.2, 0.25) is 0 Å². The van der Waals surface area contributed by atoms with Crippen molar-refractivity contribution >= 4 is 17.5 Å². The molecule has 2 aliphatic heterocycles. The van der Waals surface area contributed by atoms with Crippen molar-refractivity contribution in [3.63, 3.8) is 0 Å². The van der Waals surface area contributed by atoms with Gasteiger partial charge in [0.15, 0.2) is 0 Å². The minimum atomic E-state index is -0.206. The van der Waals surface area contributed by atoms with Gasteiger partial charge in [0.05, 0.1) is 6.54 Å². The SMILES string of the molecule is O=C1CCC(C2=NC2)(c2ccccc2)CCN1C(=O)c1ccccc1. The lowest BCUT2D eigenvalue weighted by molar-refractivity contribution is -0.128. The first kappa shape index (κ1) is 15.8. The molecule has 4 rings (SSSR count). The molecule has 0 spiro atoms. The van der Waals surface area contributed by atoms with Crippen molar-refractivity contribution in [1.29, 1.82) is 0 Å². The number of amides is 2. The van der Waals surface area contributed by atoms with E-state index in [0.29, 0.717) is 24.9 Å². The zero-order chi connectivity index (χ0) is 17.3. The maximum atomic E-state index is 12.8. The van der Waals surface area contributed by atoms with Gasteiger partial charge in [-0.2, -0.15) is 0 Å². The highest BCUT2D eigenvalue weighted by Crippen LogP contribution is 2.40. The van der Waals surface area contributed by atoms with Gasteiger partial charge in [-0.15, -0.1) is 0 Å². The molecule has 0 radical (unpaired) electrons. The second kappa shape index (κ2) is 6.28. The van der Waals surface area contributed by atoms with E-state index < -0.39 is 0 Å². The fourth-order valence-electron chi connectivity index (χ4n) is 3.80. The second-order valence-electron chi connectivity index (χ2n) is 6.68. The molecule has 4 heteroatoms. The molecule has 0 N–H and O–H groups in total. The van der Waals surface area contributed by atoms with Crippen molar-refractivity contribution in [1.82, 2.24) is 4.90 Å². The Morgan fingerprint density at radius 2 is 1.60 bits per heavy atom. The van der Waals surface area contributed by atoms with Crippen LogP contribution in [0.3, 0.4) is 0 Å². The van der Waals surface area contributed by atoms with E-state index in [4.69, 9.17) is 0 Å². The third-order valence-corrected chi connectivity index (χ3v) is 5.29. The van der Waals surface area contributed by atoms with Gasteiger partial charge in [0, 0.05) is 29.7 Å². The molecule has 0 bridgehead atoms. The summed E-state index contributed by atoms with van der Waals surface area (Å²) in [7, 11) is 0. The summed E-state index contributed by atoms with van der Waals surface area (Å²) in [5, 5.41) is 0. The Kier molecular flexibility index (Phi) is 3.96. The van der Waals surface area contributed by atoms with Crippen molar-refractivity contribution in [2.75, 3.05) is 13.1 Å². The van der Waals surface area contributed by atoms with Crippen LogP contribution in [-0.4, -0.2) is 35.5 Å². The van der Waals surface area contributed by atoms with E-state index in [1.807, 2.05) is 36.4 Å². The van der Waals surface area contributed by atoms with E-state index in [-0.39, 0.29) is 17.2 Å². The Morgan fingerprint density at radius 3 is 2.24 bits per heavy atom. The first-order valence-corrected chi connectivity index (χ1v) is 8.70. The van der Waals surface area contributed by atoms with Crippen LogP contribution in [0.15, 0.2) is 65.7 Å². The van der Waals surface area contributed by atoms with E-state index >= 15 is 0 Å². The van der Waals surface area contributed by atoms with Crippen LogP contribution in [0.4, 0.5) is 0 Å². The van der Waals surface area contributed by atoms with Gasteiger partial charge in [0.2, 0.25) is 5.91 Å². The summed E-state index contributed by atoms with van der Waals surface area (Å²) < 4.78 is 0. The van der Waals surface area contributed by atoms with Crippen LogP contribution in [0.25, 0.3) is 0 Å². The van der Waals surface area contributed by atoms with Crippen molar-refractivity contribution in [3.8, 4) is 0 Å². The molecule has 1 atom stereocenters. The smallest absolute Gasteiger partial charge is 0.260 e. The minimum Gasteiger partial charge on any atom is -0.285 e. The van der Waals surface area contributed by atoms with Crippen molar-refractivity contribution in [2.24, 2.45) is 4.99 Å². The molecule has 1 unspecified atom stereocenters. The number of aliphatic imine (C=N–C) groups is 1. The van der Waals surface area contributed by atoms with Crippen LogP contribution in [0, 0.1) is 0 Å². The molecular weight excluding hydrogens is 312 g/mol. The van der Waals surface area contributed by atoms with Gasteiger partial charge in [-0.25, -0.2) is 0 Å². The van der Waals surface area contributed by atoms with Gasteiger partial charge in [0.1, 0.15) is 0 Å². The van der Waals surface area contributed by atoms with E-state index in [9.17, 15) is 9.59 Å². The van der Waals surface area contributed by atoms with Crippen LogP contribution >= 0.6 is 0 Å². The van der Waals surface area contributed by atoms with Crippen molar-refractivity contribution < 1.29 is 9.59 Å². The Labute approximate surface area is 147 Å². The van der Waals surface area contributed by atoms with Crippen LogP contribution in [0.1, 0.15) is 35.2 Å². The topological polar surface area (TPSA) is 49.7 Å². The average Bonchev–Trinajstić information content (AvgIpc) is 3.51. The van der Waals surface area contributed by atoms with Crippen LogP contribution in [-0.2, 0) is 10.2 Å². The second-order valence-corrected chi connectivity index (χ2v) is 6.68. The quantitative estimate of drug-likeness (QED) is 0.810. The molecule has 2 aliphatic rings. The fraction of sp³-hybridized carbons (Fsp3) is 0.286. The molecule has 4 nitrogen and oxygen atoms in total. The summed E-state index contributed by atoms with van der Waals surface area (Å²) in [5.74, 6) is -0.292. The molecule has 0 aliphatic carbocycles. The molecule has 1 fully saturated rings. The maximum absolute atomic E-state index is 12.8. The Bertz CT molecular complexity index is 829. The van der Waals surface area contributed by atoms with Gasteiger partial charge in [0.25, 0.3) is 5.91 Å². The van der Waals surface area contributed by atoms with E-state index in [0.717, 1.165) is 13.0 Å². The number of imide groups is 1. The predicted octanol–water partition coefficient (Wildman–Crippen LogP) is 3.23. The number of benzene rings is 2. The summed E-state index contributed by atoms with van der Waals surface area (Å²) in [4.78, 5) is 31.3. The molecule has 2 heterocycles. The molecule has 2 aromatic carbocycles. The lowest BCUT2D eigenvalue weighted by Gasteiger charge is -2.30. The molecule has 0 saturated carbocycles. The largest absolute Gasteiger partial charge is 0.285 e. The first-order valence-electron chi connectivity index (χ1n) is 8.70. The third kappa shape index (κ3) is 2.88. The van der Waals surface area contributed by atoms with Crippen molar-refractivity contribution in [2.45, 2.75) is 24.7 Å². The van der Waals surface area contributed by atoms with Gasteiger partial charge in [-0.1, -0.05) is 48.5 Å². The first-order chi connectivity index (χ1) is 12.2. The zero-order valence-electron chi connectivity index (χ0n) is 14.0. The van der Waals surface area contributed by atoms with Crippen molar-refractivity contribution in [3.05, 3.63) is 71.8 Å². The highest BCUT2D eigenvalue weighted by atomic mass is 16.2. The molecule has 0 aromatic heterocycles. The number of hydrogen-bond acceptors (Lipinski definition) is 3. The van der Waals surface area contributed by atoms with E-state index in [1.165, 1.54) is 16.2 Å². The van der Waals surface area contributed by atoms with E-state index in [2.05, 4.69) is 17.1 Å². The summed E-state index contributed by atoms with van der Waals surface area (Å²) in [6.07, 6.45) is 1.82. The van der Waals surface area contributed by atoms with Gasteiger partial charge in [-0.05, 0) is 30.5 Å². The number of likely N-dealkylation sites (tertiary alicyclic amines) is 1. The highest BCUT2D eigenvalue weighted by molar-refractivity contribution is 6.08. The van der Waals surface area contributed by atoms with E-state index in [1.54, 1.807) is 12.1 Å². The van der Waals surface area contributed by atoms with Crippen LogP contribution < -0.4 is 0 Å². The summed E-state index contributed by atoms with van der Waals surface area (Å²) >= 11 is 0. The molecule has 2 aromatic rings. The number of carbonyl (C=O) groups excluding carboxylic acids is 2. The maximum Gasteiger partial charge on any atom is 0.260 e. The number of rotatable bonds is 3. The average molecular weight is 332 g/mol. The Morgan fingerprint density at radius 1 is 0.960 bits per heavy atom. The summed E-state index contributed by atoms with van der Waals surface area (Å²) in [6.45, 7) is 1.20. The predicted molar refractivity (Wildman–Crippen MR) is 96.8 cm³/mol. The van der Waals surface area contributed by atoms with Gasteiger partial charge in [-0.3, -0.25) is 19.5 Å². The lowest BCUT2D eigenvalue weighted by Crippen LogP contribution is -2.38. The molecular formula is C21H20N2O2. The van der Waals surface area contributed by atoms with Crippen LogP contribution in [0.5, 0.6) is 0 Å². The molecule has 25 heavy (non-hydrogen) atoms. The highest BCUT2D eigenvalue weighted by Gasteiger charge is 2.44. The molecule has 2 amide bonds. The molecule has 126 valence electrons.